The largest absolute Gasteiger partial charge is 0.353 e. The summed E-state index contributed by atoms with van der Waals surface area (Å²) >= 11 is 1.90. The molecule has 2 aliphatic heterocycles. The van der Waals surface area contributed by atoms with Crippen molar-refractivity contribution in [1.82, 2.24) is 9.80 Å². The number of hydrogen-bond donors (Lipinski definition) is 0. The summed E-state index contributed by atoms with van der Waals surface area (Å²) in [5.41, 5.74) is 3.54. The normalized spacial score (nSPS) is 18.0. The Hall–Kier alpha value is -1.85. The summed E-state index contributed by atoms with van der Waals surface area (Å²) in [6.07, 6.45) is 1.07. The molecule has 0 radical (unpaired) electrons. The monoisotopic (exact) mass is 340 g/mol. The Bertz CT molecular complexity index is 771. The number of aryl methyl sites for hydroxylation is 1. The number of aliphatic imine (C=N–C) groups is 1. The van der Waals surface area contributed by atoms with Gasteiger partial charge in [0, 0.05) is 38.1 Å². The Morgan fingerprint density at radius 2 is 1.83 bits per heavy atom. The van der Waals surface area contributed by atoms with Crippen LogP contribution in [0.5, 0.6) is 0 Å². The SMILES string of the molecule is CCc1cc2c(s1)N(C)c1ccccc1N=C2N1CCN(C)CC1. The van der Waals surface area contributed by atoms with E-state index in [1.54, 1.807) is 0 Å². The third-order valence-electron chi connectivity index (χ3n) is 4.93. The van der Waals surface area contributed by atoms with Gasteiger partial charge in [0.05, 0.1) is 16.9 Å². The molecule has 5 heteroatoms. The van der Waals surface area contributed by atoms with Crippen molar-refractivity contribution in [1.29, 1.82) is 0 Å². The Kier molecular flexibility index (Phi) is 4.06. The van der Waals surface area contributed by atoms with Gasteiger partial charge in [0.2, 0.25) is 0 Å². The number of rotatable bonds is 1. The zero-order valence-electron chi connectivity index (χ0n) is 14.6. The molecule has 1 aromatic heterocycles. The highest BCUT2D eigenvalue weighted by molar-refractivity contribution is 7.16. The number of piperazine rings is 1. The van der Waals surface area contributed by atoms with Crippen molar-refractivity contribution in [3.05, 3.63) is 40.8 Å². The van der Waals surface area contributed by atoms with Gasteiger partial charge >= 0.3 is 0 Å². The van der Waals surface area contributed by atoms with Crippen molar-refractivity contribution >= 4 is 33.5 Å². The number of para-hydroxylation sites is 2. The van der Waals surface area contributed by atoms with Gasteiger partial charge in [-0.2, -0.15) is 0 Å². The van der Waals surface area contributed by atoms with Gasteiger partial charge in [0.25, 0.3) is 0 Å². The molecule has 0 aliphatic carbocycles. The predicted molar refractivity (Wildman–Crippen MR) is 103 cm³/mol. The molecule has 0 amide bonds. The number of nitrogens with zero attached hydrogens (tertiary/aromatic N) is 4. The van der Waals surface area contributed by atoms with Gasteiger partial charge in [0.1, 0.15) is 10.8 Å². The van der Waals surface area contributed by atoms with Crippen molar-refractivity contribution in [3.8, 4) is 0 Å². The van der Waals surface area contributed by atoms with Crippen LogP contribution in [0.3, 0.4) is 0 Å². The smallest absolute Gasteiger partial charge is 0.139 e. The number of benzene rings is 1. The molecule has 126 valence electrons. The van der Waals surface area contributed by atoms with E-state index in [0.717, 1.165) is 44.1 Å². The van der Waals surface area contributed by atoms with Crippen molar-refractivity contribution < 1.29 is 0 Å². The number of fused-ring (bicyclic) bond motifs is 2. The Morgan fingerprint density at radius 3 is 2.58 bits per heavy atom. The quantitative estimate of drug-likeness (QED) is 0.790. The zero-order valence-corrected chi connectivity index (χ0v) is 15.4. The number of amidine groups is 1. The van der Waals surface area contributed by atoms with Crippen LogP contribution in [0.1, 0.15) is 17.4 Å². The van der Waals surface area contributed by atoms with Crippen molar-refractivity contribution in [2.75, 3.05) is 45.2 Å². The second-order valence-electron chi connectivity index (χ2n) is 6.56. The first-order chi connectivity index (χ1) is 11.7. The lowest BCUT2D eigenvalue weighted by molar-refractivity contribution is 0.216. The van der Waals surface area contributed by atoms with E-state index in [0.29, 0.717) is 0 Å². The van der Waals surface area contributed by atoms with Crippen LogP contribution in [0.15, 0.2) is 35.3 Å². The molecule has 0 spiro atoms. The van der Waals surface area contributed by atoms with Gasteiger partial charge in [-0.05, 0) is 31.7 Å². The summed E-state index contributed by atoms with van der Waals surface area (Å²) in [7, 11) is 4.36. The maximum Gasteiger partial charge on any atom is 0.139 e. The van der Waals surface area contributed by atoms with Crippen LogP contribution in [-0.2, 0) is 6.42 Å². The lowest BCUT2D eigenvalue weighted by atomic mass is 10.2. The van der Waals surface area contributed by atoms with Crippen molar-refractivity contribution in [2.45, 2.75) is 13.3 Å². The summed E-state index contributed by atoms with van der Waals surface area (Å²) in [5, 5.41) is 1.31. The first-order valence-electron chi connectivity index (χ1n) is 8.65. The van der Waals surface area contributed by atoms with E-state index in [-0.39, 0.29) is 0 Å². The third kappa shape index (κ3) is 2.62. The topological polar surface area (TPSA) is 22.1 Å². The molecule has 4 rings (SSSR count). The van der Waals surface area contributed by atoms with Gasteiger partial charge in [-0.1, -0.05) is 19.1 Å². The number of hydrogen-bond acceptors (Lipinski definition) is 5. The average Bonchev–Trinajstić information content (AvgIpc) is 3.00. The van der Waals surface area contributed by atoms with E-state index in [4.69, 9.17) is 4.99 Å². The van der Waals surface area contributed by atoms with E-state index in [2.05, 4.69) is 66.1 Å². The number of anilines is 2. The van der Waals surface area contributed by atoms with E-state index in [1.807, 2.05) is 11.3 Å². The molecule has 0 unspecified atom stereocenters. The van der Waals surface area contributed by atoms with Gasteiger partial charge < -0.3 is 14.7 Å². The molecule has 2 aliphatic rings. The minimum Gasteiger partial charge on any atom is -0.353 e. The highest BCUT2D eigenvalue weighted by Gasteiger charge is 2.27. The molecule has 3 heterocycles. The highest BCUT2D eigenvalue weighted by Crippen LogP contribution is 2.43. The minimum atomic E-state index is 1.04. The Balaban J connectivity index is 1.85. The summed E-state index contributed by atoms with van der Waals surface area (Å²) in [5.74, 6) is 1.14. The fourth-order valence-electron chi connectivity index (χ4n) is 3.40. The zero-order chi connectivity index (χ0) is 16.7. The molecule has 1 saturated heterocycles. The number of thiophene rings is 1. The maximum atomic E-state index is 5.12. The molecular weight excluding hydrogens is 316 g/mol. The first-order valence-corrected chi connectivity index (χ1v) is 9.47. The molecule has 2 aromatic rings. The van der Waals surface area contributed by atoms with E-state index in [9.17, 15) is 0 Å². The second-order valence-corrected chi connectivity index (χ2v) is 7.67. The standard InChI is InChI=1S/C19H24N4S/c1-4-14-13-15-18(23-11-9-21(2)10-12-23)20-16-7-5-6-8-17(16)22(3)19(15)24-14/h5-8,13H,4,9-12H2,1-3H3. The average molecular weight is 340 g/mol. The molecule has 1 aromatic carbocycles. The van der Waals surface area contributed by atoms with E-state index in [1.165, 1.54) is 21.1 Å². The van der Waals surface area contributed by atoms with E-state index >= 15 is 0 Å². The van der Waals surface area contributed by atoms with Gasteiger partial charge in [0.15, 0.2) is 0 Å². The maximum absolute atomic E-state index is 5.12. The van der Waals surface area contributed by atoms with Crippen LogP contribution in [0.2, 0.25) is 0 Å². The Labute approximate surface area is 148 Å². The van der Waals surface area contributed by atoms with Crippen molar-refractivity contribution in [3.63, 3.8) is 0 Å². The van der Waals surface area contributed by atoms with E-state index < -0.39 is 0 Å². The number of likely N-dealkylation sites (N-methyl/N-ethyl adjacent to an activating group) is 1. The summed E-state index contributed by atoms with van der Waals surface area (Å²) in [6.45, 7) is 6.49. The Morgan fingerprint density at radius 1 is 1.08 bits per heavy atom. The molecule has 0 N–H and O–H groups in total. The van der Waals surface area contributed by atoms with Gasteiger partial charge in [-0.3, -0.25) is 0 Å². The molecule has 0 atom stereocenters. The third-order valence-corrected chi connectivity index (χ3v) is 6.29. The second kappa shape index (κ2) is 6.22. The van der Waals surface area contributed by atoms with Crippen LogP contribution >= 0.6 is 11.3 Å². The van der Waals surface area contributed by atoms with Crippen LogP contribution < -0.4 is 4.90 Å². The summed E-state index contributed by atoms with van der Waals surface area (Å²) in [6, 6.07) is 10.8. The molecule has 24 heavy (non-hydrogen) atoms. The molecular formula is C19H24N4S. The molecule has 0 bridgehead atoms. The molecule has 0 saturated carbocycles. The fourth-order valence-corrected chi connectivity index (χ4v) is 4.47. The predicted octanol–water partition coefficient (Wildman–Crippen LogP) is 3.72. The van der Waals surface area contributed by atoms with Crippen LogP contribution in [0.25, 0.3) is 0 Å². The van der Waals surface area contributed by atoms with Crippen LogP contribution in [0, 0.1) is 0 Å². The first kappa shape index (κ1) is 15.7. The lowest BCUT2D eigenvalue weighted by Crippen LogP contribution is -2.47. The van der Waals surface area contributed by atoms with Crippen LogP contribution in [-0.4, -0.2) is 55.9 Å². The van der Waals surface area contributed by atoms with Gasteiger partial charge in [-0.25, -0.2) is 4.99 Å². The summed E-state index contributed by atoms with van der Waals surface area (Å²) in [4.78, 5) is 13.7. The lowest BCUT2D eigenvalue weighted by Gasteiger charge is -2.34. The molecule has 4 nitrogen and oxygen atoms in total. The molecule has 1 fully saturated rings. The van der Waals surface area contributed by atoms with Crippen LogP contribution in [0.4, 0.5) is 16.4 Å². The summed E-state index contributed by atoms with van der Waals surface area (Å²) < 4.78 is 0. The fraction of sp³-hybridized carbons (Fsp3) is 0.421. The van der Waals surface area contributed by atoms with Gasteiger partial charge in [-0.15, -0.1) is 11.3 Å². The minimum absolute atomic E-state index is 1.04. The highest BCUT2D eigenvalue weighted by atomic mass is 32.1. The van der Waals surface area contributed by atoms with Crippen molar-refractivity contribution in [2.24, 2.45) is 4.99 Å².